The highest BCUT2D eigenvalue weighted by Crippen LogP contribution is 2.27. The fraction of sp³-hybridized carbons (Fsp3) is 0.235. The van der Waals surface area contributed by atoms with Crippen LogP contribution in [0.2, 0.25) is 0 Å². The van der Waals surface area contributed by atoms with Gasteiger partial charge in [0.25, 0.3) is 10.0 Å². The Morgan fingerprint density at radius 1 is 0.864 bits per heavy atom. The Morgan fingerprint density at radius 2 is 1.50 bits per heavy atom. The highest BCUT2D eigenvalue weighted by atomic mass is 79.9. The summed E-state index contributed by atoms with van der Waals surface area (Å²) >= 11 is 3.44. The average molecular weight is 679 g/mol. The number of carbonyl (C=O) groups excluding carboxylic acids is 2. The molecule has 4 rings (SSSR count). The molecule has 0 saturated carbocycles. The zero-order chi connectivity index (χ0) is 31.7. The molecule has 0 aliphatic rings. The maximum Gasteiger partial charge on any atom is 0.264 e. The number of likely N-dealkylation sites (N-methyl/N-ethyl adjacent to an activating group) is 1. The molecule has 0 bridgehead atoms. The van der Waals surface area contributed by atoms with Gasteiger partial charge in [0.1, 0.15) is 18.3 Å². The quantitative estimate of drug-likeness (QED) is 0.195. The molecule has 0 spiro atoms. The summed E-state index contributed by atoms with van der Waals surface area (Å²) in [4.78, 5) is 29.2. The number of benzene rings is 4. The van der Waals surface area contributed by atoms with Crippen LogP contribution in [0.1, 0.15) is 23.6 Å². The van der Waals surface area contributed by atoms with Gasteiger partial charge in [-0.2, -0.15) is 0 Å². The lowest BCUT2D eigenvalue weighted by atomic mass is 10.0. The molecule has 2 amide bonds. The number of aryl methyl sites for hydroxylation is 1. The molecule has 0 fully saturated rings. The van der Waals surface area contributed by atoms with Gasteiger partial charge in [-0.1, -0.05) is 76.1 Å². The highest BCUT2D eigenvalue weighted by molar-refractivity contribution is 9.10. The fourth-order valence-corrected chi connectivity index (χ4v) is 6.43. The normalized spacial score (nSPS) is 11.8. The lowest BCUT2D eigenvalue weighted by Crippen LogP contribution is -2.53. The van der Waals surface area contributed by atoms with Gasteiger partial charge in [-0.05, 0) is 73.5 Å². The first-order valence-electron chi connectivity index (χ1n) is 14.2. The van der Waals surface area contributed by atoms with Gasteiger partial charge in [0, 0.05) is 24.5 Å². The first kappa shape index (κ1) is 32.8. The van der Waals surface area contributed by atoms with Crippen LogP contribution in [-0.4, -0.2) is 51.4 Å². The van der Waals surface area contributed by atoms with E-state index in [0.29, 0.717) is 18.0 Å². The van der Waals surface area contributed by atoms with E-state index in [4.69, 9.17) is 4.74 Å². The molecule has 4 aromatic rings. The molecule has 44 heavy (non-hydrogen) atoms. The smallest absolute Gasteiger partial charge is 0.264 e. The van der Waals surface area contributed by atoms with Crippen LogP contribution < -0.4 is 14.4 Å². The summed E-state index contributed by atoms with van der Waals surface area (Å²) in [6, 6.07) is 29.0. The van der Waals surface area contributed by atoms with Crippen molar-refractivity contribution in [2.45, 2.75) is 37.8 Å². The molecule has 1 N–H and O–H groups in total. The largest absolute Gasteiger partial charge is 0.494 e. The highest BCUT2D eigenvalue weighted by Gasteiger charge is 2.34. The van der Waals surface area contributed by atoms with E-state index in [-0.39, 0.29) is 23.8 Å². The number of hydrogen-bond acceptors (Lipinski definition) is 5. The SMILES string of the molecule is CCOc1ccc(N(CC(=O)N(Cc2ccc(Br)cc2)[C@H](Cc2ccccc2)C(=O)NC)S(=O)(=O)c2ccc(C)cc2)cc1. The predicted molar refractivity (Wildman–Crippen MR) is 176 cm³/mol. The van der Waals surface area contributed by atoms with E-state index < -0.39 is 28.5 Å². The molecule has 0 radical (unpaired) electrons. The maximum absolute atomic E-state index is 14.4. The molecule has 0 aliphatic carbocycles. The molecule has 8 nitrogen and oxygen atoms in total. The Morgan fingerprint density at radius 3 is 2.09 bits per heavy atom. The van der Waals surface area contributed by atoms with Crippen LogP contribution in [0.3, 0.4) is 0 Å². The molecule has 1 atom stereocenters. The number of amides is 2. The van der Waals surface area contributed by atoms with Gasteiger partial charge in [-0.25, -0.2) is 8.42 Å². The second kappa shape index (κ2) is 15.0. The molecular formula is C34H36BrN3O5S. The number of halogens is 1. The van der Waals surface area contributed by atoms with Crippen LogP contribution in [0, 0.1) is 6.92 Å². The van der Waals surface area contributed by atoms with Crippen LogP contribution in [0.25, 0.3) is 0 Å². The Labute approximate surface area is 267 Å². The van der Waals surface area contributed by atoms with Crippen LogP contribution in [0.4, 0.5) is 5.69 Å². The van der Waals surface area contributed by atoms with Crippen LogP contribution in [0.15, 0.2) is 112 Å². The van der Waals surface area contributed by atoms with Crippen molar-refractivity contribution in [3.8, 4) is 5.75 Å². The third kappa shape index (κ3) is 8.27. The summed E-state index contributed by atoms with van der Waals surface area (Å²) < 4.78 is 35.7. The number of rotatable bonds is 13. The molecule has 0 unspecified atom stereocenters. The summed E-state index contributed by atoms with van der Waals surface area (Å²) in [5.41, 5.74) is 2.86. The molecule has 0 saturated heterocycles. The minimum atomic E-state index is -4.18. The summed E-state index contributed by atoms with van der Waals surface area (Å²) in [7, 11) is -2.65. The van der Waals surface area contributed by atoms with E-state index in [1.54, 1.807) is 36.4 Å². The third-order valence-electron chi connectivity index (χ3n) is 7.11. The van der Waals surface area contributed by atoms with E-state index in [2.05, 4.69) is 21.2 Å². The zero-order valence-electron chi connectivity index (χ0n) is 24.9. The lowest BCUT2D eigenvalue weighted by molar-refractivity contribution is -0.139. The molecule has 0 aliphatic heterocycles. The van der Waals surface area contributed by atoms with Gasteiger partial charge in [0.05, 0.1) is 17.2 Å². The summed E-state index contributed by atoms with van der Waals surface area (Å²) in [6.45, 7) is 3.76. The second-order valence-electron chi connectivity index (χ2n) is 10.2. The van der Waals surface area contributed by atoms with Crippen molar-refractivity contribution in [3.63, 3.8) is 0 Å². The molecule has 0 aromatic heterocycles. The molecule has 10 heteroatoms. The first-order valence-corrected chi connectivity index (χ1v) is 16.5. The van der Waals surface area contributed by atoms with E-state index in [1.807, 2.05) is 68.4 Å². The Bertz CT molecular complexity index is 1650. The fourth-order valence-electron chi connectivity index (χ4n) is 4.75. The minimum Gasteiger partial charge on any atom is -0.494 e. The van der Waals surface area contributed by atoms with Gasteiger partial charge >= 0.3 is 0 Å². The number of anilines is 1. The van der Waals surface area contributed by atoms with E-state index in [1.165, 1.54) is 24.1 Å². The monoisotopic (exact) mass is 677 g/mol. The van der Waals surface area contributed by atoms with Gasteiger partial charge in [0.15, 0.2) is 0 Å². The van der Waals surface area contributed by atoms with Crippen molar-refractivity contribution in [1.29, 1.82) is 0 Å². The van der Waals surface area contributed by atoms with Crippen molar-refractivity contribution in [2.75, 3.05) is 24.5 Å². The molecule has 4 aromatic carbocycles. The number of nitrogens with one attached hydrogen (secondary N) is 1. The van der Waals surface area contributed by atoms with Gasteiger partial charge < -0.3 is 15.0 Å². The number of hydrogen-bond donors (Lipinski definition) is 1. The minimum absolute atomic E-state index is 0.0522. The average Bonchev–Trinajstić information content (AvgIpc) is 3.03. The van der Waals surface area contributed by atoms with Crippen molar-refractivity contribution < 1.29 is 22.7 Å². The number of nitrogens with zero attached hydrogens (tertiary/aromatic N) is 2. The van der Waals surface area contributed by atoms with Crippen molar-refractivity contribution >= 4 is 43.5 Å². The Hall–Kier alpha value is -4.15. The predicted octanol–water partition coefficient (Wildman–Crippen LogP) is 5.74. The summed E-state index contributed by atoms with van der Waals surface area (Å²) in [5, 5.41) is 2.69. The van der Waals surface area contributed by atoms with Crippen molar-refractivity contribution in [1.82, 2.24) is 10.2 Å². The van der Waals surface area contributed by atoms with Gasteiger partial charge in [0.2, 0.25) is 11.8 Å². The lowest BCUT2D eigenvalue weighted by Gasteiger charge is -2.33. The van der Waals surface area contributed by atoms with E-state index in [9.17, 15) is 18.0 Å². The number of ether oxygens (including phenoxy) is 1. The van der Waals surface area contributed by atoms with E-state index >= 15 is 0 Å². The maximum atomic E-state index is 14.4. The topological polar surface area (TPSA) is 96.0 Å². The first-order chi connectivity index (χ1) is 21.1. The molecular weight excluding hydrogens is 642 g/mol. The van der Waals surface area contributed by atoms with Crippen molar-refractivity contribution in [3.05, 3.63) is 124 Å². The van der Waals surface area contributed by atoms with E-state index in [0.717, 1.165) is 25.5 Å². The standard InChI is InChI=1S/C34H36BrN3O5S/c1-4-43-30-18-16-29(17-19-30)38(44(41,42)31-20-10-25(2)11-21-31)24-33(39)37(23-27-12-14-28(35)15-13-27)32(34(40)36-3)22-26-8-6-5-7-9-26/h5-21,32H,4,22-24H2,1-3H3,(H,36,40)/t32-/m1/s1. The number of sulfonamides is 1. The van der Waals surface area contributed by atoms with Crippen LogP contribution in [-0.2, 0) is 32.6 Å². The summed E-state index contributed by atoms with van der Waals surface area (Å²) in [6.07, 6.45) is 0.247. The van der Waals surface area contributed by atoms with Gasteiger partial charge in [-0.3, -0.25) is 13.9 Å². The Kier molecular flexibility index (Phi) is 11.2. The third-order valence-corrected chi connectivity index (χ3v) is 9.42. The zero-order valence-corrected chi connectivity index (χ0v) is 27.3. The molecule has 230 valence electrons. The van der Waals surface area contributed by atoms with Crippen LogP contribution in [0.5, 0.6) is 5.75 Å². The van der Waals surface area contributed by atoms with Gasteiger partial charge in [-0.15, -0.1) is 0 Å². The Balaban J connectivity index is 1.78. The molecule has 0 heterocycles. The van der Waals surface area contributed by atoms with Crippen LogP contribution >= 0.6 is 15.9 Å². The second-order valence-corrected chi connectivity index (χ2v) is 13.0. The van der Waals surface area contributed by atoms with Crippen molar-refractivity contribution in [2.24, 2.45) is 0 Å². The number of carbonyl (C=O) groups is 2. The summed E-state index contributed by atoms with van der Waals surface area (Å²) in [5.74, 6) is -0.301.